The van der Waals surface area contributed by atoms with Crippen LogP contribution >= 0.6 is 0 Å². The molecule has 0 bridgehead atoms. The van der Waals surface area contributed by atoms with Crippen molar-refractivity contribution in [3.8, 4) is 0 Å². The first-order valence-electron chi connectivity index (χ1n) is 4.02. The molecule has 2 aromatic rings. The molecule has 0 amide bonds. The molecule has 0 N–H and O–H groups in total. The lowest BCUT2D eigenvalue weighted by Crippen LogP contribution is -2.04. The van der Waals surface area contributed by atoms with Gasteiger partial charge in [0.1, 0.15) is 5.65 Å². The molecule has 0 spiro atoms. The van der Waals surface area contributed by atoms with Crippen LogP contribution in [-0.2, 0) is 6.18 Å². The van der Waals surface area contributed by atoms with Gasteiger partial charge in [-0.15, -0.1) is 0 Å². The predicted octanol–water partition coefficient (Wildman–Crippen LogP) is 2.17. The van der Waals surface area contributed by atoms with Crippen molar-refractivity contribution in [2.45, 2.75) is 6.18 Å². The molecule has 3 nitrogen and oxygen atoms in total. The van der Waals surface area contributed by atoms with E-state index in [0.717, 1.165) is 6.20 Å². The van der Waals surface area contributed by atoms with Gasteiger partial charge >= 0.3 is 6.18 Å². The topological polar surface area (TPSA) is 34.4 Å². The number of aromatic nitrogens is 2. The monoisotopic (exact) mass is 214 g/mol. The first kappa shape index (κ1) is 9.70. The second-order valence-corrected chi connectivity index (χ2v) is 2.94. The van der Waals surface area contributed by atoms with Gasteiger partial charge in [0.15, 0.2) is 12.0 Å². The molecule has 0 aliphatic rings. The minimum Gasteiger partial charge on any atom is -0.306 e. The zero-order chi connectivity index (χ0) is 11.1. The molecule has 6 heteroatoms. The fourth-order valence-electron chi connectivity index (χ4n) is 1.26. The molecule has 2 heterocycles. The molecule has 0 fully saturated rings. The Kier molecular flexibility index (Phi) is 1.99. The van der Waals surface area contributed by atoms with Crippen LogP contribution in [0.3, 0.4) is 0 Å². The molecular weight excluding hydrogens is 209 g/mol. The highest BCUT2D eigenvalue weighted by atomic mass is 19.4. The Morgan fingerprint density at radius 2 is 2.13 bits per heavy atom. The molecule has 0 saturated heterocycles. The van der Waals surface area contributed by atoms with Crippen molar-refractivity contribution in [2.75, 3.05) is 0 Å². The van der Waals surface area contributed by atoms with E-state index in [-0.39, 0.29) is 11.2 Å². The average Bonchev–Trinajstić information content (AvgIpc) is 2.59. The van der Waals surface area contributed by atoms with Crippen molar-refractivity contribution in [1.82, 2.24) is 9.38 Å². The van der Waals surface area contributed by atoms with Crippen LogP contribution in [0.4, 0.5) is 13.2 Å². The third-order valence-corrected chi connectivity index (χ3v) is 1.93. The van der Waals surface area contributed by atoms with Gasteiger partial charge in [-0.05, 0) is 12.1 Å². The second-order valence-electron chi connectivity index (χ2n) is 2.94. The van der Waals surface area contributed by atoms with Crippen LogP contribution in [0, 0.1) is 0 Å². The molecule has 0 atom stereocenters. The highest BCUT2D eigenvalue weighted by Crippen LogP contribution is 2.28. The maximum atomic E-state index is 12.3. The van der Waals surface area contributed by atoms with Crippen LogP contribution in [0.25, 0.3) is 5.65 Å². The maximum absolute atomic E-state index is 12.3. The van der Waals surface area contributed by atoms with Crippen molar-refractivity contribution in [3.63, 3.8) is 0 Å². The first-order chi connectivity index (χ1) is 7.02. The predicted molar refractivity (Wildman–Crippen MR) is 45.6 cm³/mol. The van der Waals surface area contributed by atoms with Crippen molar-refractivity contribution in [2.24, 2.45) is 0 Å². The Labute approximate surface area is 82.2 Å². The number of fused-ring (bicyclic) bond motifs is 1. The van der Waals surface area contributed by atoms with E-state index in [9.17, 15) is 18.0 Å². The number of hydrogen-bond donors (Lipinski definition) is 0. The number of hydrogen-bond acceptors (Lipinski definition) is 2. The van der Waals surface area contributed by atoms with Crippen molar-refractivity contribution >= 4 is 11.9 Å². The van der Waals surface area contributed by atoms with Gasteiger partial charge in [-0.2, -0.15) is 13.2 Å². The van der Waals surface area contributed by atoms with E-state index in [1.54, 1.807) is 0 Å². The van der Waals surface area contributed by atoms with E-state index in [1.807, 2.05) is 0 Å². The Morgan fingerprint density at radius 1 is 1.40 bits per heavy atom. The number of carbonyl (C=O) groups excluding carboxylic acids is 1. The van der Waals surface area contributed by atoms with E-state index in [2.05, 4.69) is 4.98 Å². The van der Waals surface area contributed by atoms with Gasteiger partial charge in [0.25, 0.3) is 0 Å². The summed E-state index contributed by atoms with van der Waals surface area (Å²) in [5.74, 6) is 0. The molecule has 0 aliphatic carbocycles. The lowest BCUT2D eigenvalue weighted by Gasteiger charge is -1.98. The number of carbonyl (C=O) groups is 1. The number of halogens is 3. The Bertz CT molecular complexity index is 516. The van der Waals surface area contributed by atoms with Gasteiger partial charge in [0.2, 0.25) is 0 Å². The van der Waals surface area contributed by atoms with Gasteiger partial charge in [-0.1, -0.05) is 0 Å². The zero-order valence-electron chi connectivity index (χ0n) is 7.32. The molecule has 0 aromatic carbocycles. The first-order valence-corrected chi connectivity index (χ1v) is 4.02. The largest absolute Gasteiger partial charge is 0.434 e. The molecule has 2 rings (SSSR count). The number of pyridine rings is 1. The number of aldehydes is 1. The summed E-state index contributed by atoms with van der Waals surface area (Å²) >= 11 is 0. The second kappa shape index (κ2) is 3.08. The number of rotatable bonds is 1. The normalized spacial score (nSPS) is 11.9. The fourth-order valence-corrected chi connectivity index (χ4v) is 1.26. The van der Waals surface area contributed by atoms with E-state index < -0.39 is 11.9 Å². The van der Waals surface area contributed by atoms with Crippen LogP contribution in [0.15, 0.2) is 24.5 Å². The molecule has 0 aliphatic heterocycles. The quantitative estimate of drug-likeness (QED) is 0.682. The van der Waals surface area contributed by atoms with Crippen LogP contribution in [0.2, 0.25) is 0 Å². The molecular formula is C9H5F3N2O. The zero-order valence-corrected chi connectivity index (χ0v) is 7.32. The minimum atomic E-state index is -4.49. The molecule has 0 saturated carbocycles. The van der Waals surface area contributed by atoms with E-state index in [4.69, 9.17) is 0 Å². The highest BCUT2D eigenvalue weighted by molar-refractivity contribution is 5.84. The third kappa shape index (κ3) is 1.58. The van der Waals surface area contributed by atoms with Gasteiger partial charge in [-0.3, -0.25) is 4.79 Å². The van der Waals surface area contributed by atoms with Gasteiger partial charge < -0.3 is 4.40 Å². The molecule has 0 radical (unpaired) electrons. The van der Waals surface area contributed by atoms with Gasteiger partial charge in [0, 0.05) is 12.4 Å². The summed E-state index contributed by atoms with van der Waals surface area (Å²) in [6.07, 6.45) is -1.76. The molecule has 2 aromatic heterocycles. The van der Waals surface area contributed by atoms with E-state index >= 15 is 0 Å². The lowest BCUT2D eigenvalue weighted by molar-refractivity contribution is -0.140. The Balaban J connectivity index is 2.70. The Morgan fingerprint density at radius 3 is 2.73 bits per heavy atom. The smallest absolute Gasteiger partial charge is 0.306 e. The summed E-state index contributed by atoms with van der Waals surface area (Å²) in [4.78, 5) is 13.9. The van der Waals surface area contributed by atoms with Crippen LogP contribution in [0.1, 0.15) is 16.1 Å². The molecule has 78 valence electrons. The van der Waals surface area contributed by atoms with Crippen molar-refractivity contribution < 1.29 is 18.0 Å². The van der Waals surface area contributed by atoms with Crippen LogP contribution in [-0.4, -0.2) is 15.7 Å². The SMILES string of the molecule is O=Cc1cccn2cc(C(F)(F)F)nc12. The van der Waals surface area contributed by atoms with Crippen LogP contribution < -0.4 is 0 Å². The lowest BCUT2D eigenvalue weighted by atomic mass is 10.3. The van der Waals surface area contributed by atoms with E-state index in [0.29, 0.717) is 6.29 Å². The summed E-state index contributed by atoms with van der Waals surface area (Å²) < 4.78 is 38.1. The summed E-state index contributed by atoms with van der Waals surface area (Å²) in [6.45, 7) is 0. The van der Waals surface area contributed by atoms with Gasteiger partial charge in [-0.25, -0.2) is 4.98 Å². The fraction of sp³-hybridized carbons (Fsp3) is 0.111. The van der Waals surface area contributed by atoms with E-state index in [1.165, 1.54) is 22.7 Å². The summed E-state index contributed by atoms with van der Waals surface area (Å²) in [5.41, 5.74) is -0.857. The number of alkyl halides is 3. The average molecular weight is 214 g/mol. The summed E-state index contributed by atoms with van der Waals surface area (Å²) in [6, 6.07) is 2.90. The molecule has 15 heavy (non-hydrogen) atoms. The van der Waals surface area contributed by atoms with Crippen molar-refractivity contribution in [3.05, 3.63) is 35.8 Å². The maximum Gasteiger partial charge on any atom is 0.434 e. The summed E-state index contributed by atoms with van der Waals surface area (Å²) in [5, 5.41) is 0. The number of imidazole rings is 1. The standard InChI is InChI=1S/C9H5F3N2O/c10-9(11,12)7-4-14-3-1-2-6(5-15)8(14)13-7/h1-5H. The summed E-state index contributed by atoms with van der Waals surface area (Å²) in [7, 11) is 0. The third-order valence-electron chi connectivity index (χ3n) is 1.93. The molecule has 0 unspecified atom stereocenters. The van der Waals surface area contributed by atoms with Gasteiger partial charge in [0.05, 0.1) is 5.56 Å². The minimum absolute atomic E-state index is 0.0137. The Hall–Kier alpha value is -1.85. The highest BCUT2D eigenvalue weighted by Gasteiger charge is 2.34. The van der Waals surface area contributed by atoms with Crippen LogP contribution in [0.5, 0.6) is 0 Å². The number of nitrogens with zero attached hydrogens (tertiary/aromatic N) is 2. The van der Waals surface area contributed by atoms with Crippen molar-refractivity contribution in [1.29, 1.82) is 0 Å².